The number of nitrogens with one attached hydrogen (secondary N) is 1. The van der Waals surface area contributed by atoms with E-state index >= 15 is 0 Å². The third-order valence-electron chi connectivity index (χ3n) is 4.34. The average Bonchev–Trinajstić information content (AvgIpc) is 2.86. The van der Waals surface area contributed by atoms with Gasteiger partial charge in [-0.1, -0.05) is 32.0 Å². The third-order valence-corrected chi connectivity index (χ3v) is 4.34. The van der Waals surface area contributed by atoms with E-state index in [-0.39, 0.29) is 18.0 Å². The lowest BCUT2D eigenvalue weighted by Crippen LogP contribution is -2.41. The summed E-state index contributed by atoms with van der Waals surface area (Å²) in [5, 5.41) is 13.5. The van der Waals surface area contributed by atoms with Crippen LogP contribution in [-0.4, -0.2) is 35.7 Å². The Labute approximate surface area is 143 Å². The predicted octanol–water partition coefficient (Wildman–Crippen LogP) is 3.85. The van der Waals surface area contributed by atoms with Gasteiger partial charge in [0.2, 0.25) is 0 Å². The van der Waals surface area contributed by atoms with Crippen molar-refractivity contribution < 1.29 is 14.3 Å². The minimum atomic E-state index is -0.418. The van der Waals surface area contributed by atoms with Gasteiger partial charge in [-0.15, -0.1) is 0 Å². The molecule has 1 aromatic carbocycles. The number of para-hydroxylation sites is 1. The van der Waals surface area contributed by atoms with Crippen molar-refractivity contribution in [1.82, 2.24) is 10.2 Å². The van der Waals surface area contributed by atoms with Crippen molar-refractivity contribution >= 4 is 17.0 Å². The largest absolute Gasteiger partial charge is 0.459 e. The first-order chi connectivity index (χ1) is 11.3. The predicted molar refractivity (Wildman–Crippen MR) is 96.0 cm³/mol. The highest BCUT2D eigenvalue weighted by atomic mass is 16.3. The molecule has 2 rings (SSSR count). The molecule has 0 fully saturated rings. The number of urea groups is 1. The van der Waals surface area contributed by atoms with Crippen LogP contribution in [0.4, 0.5) is 4.79 Å². The lowest BCUT2D eigenvalue weighted by Gasteiger charge is -2.25. The molecular formula is C19H28N2O3. The Hall–Kier alpha value is -2.01. The van der Waals surface area contributed by atoms with Crippen LogP contribution in [0.2, 0.25) is 0 Å². The lowest BCUT2D eigenvalue weighted by atomic mass is 9.98. The zero-order chi connectivity index (χ0) is 17.9. The van der Waals surface area contributed by atoms with Crippen molar-refractivity contribution in [3.63, 3.8) is 0 Å². The molecule has 0 radical (unpaired) electrons. The number of amides is 2. The zero-order valence-electron chi connectivity index (χ0n) is 15.2. The molecule has 0 aliphatic heterocycles. The number of nitrogens with zero attached hydrogens (tertiary/aromatic N) is 1. The second kappa shape index (κ2) is 7.71. The second-order valence-corrected chi connectivity index (χ2v) is 6.82. The van der Waals surface area contributed by atoms with E-state index in [0.717, 1.165) is 22.3 Å². The van der Waals surface area contributed by atoms with Crippen molar-refractivity contribution in [2.75, 3.05) is 13.6 Å². The first kappa shape index (κ1) is 18.3. The van der Waals surface area contributed by atoms with Crippen LogP contribution >= 0.6 is 0 Å². The van der Waals surface area contributed by atoms with Gasteiger partial charge in [-0.05, 0) is 32.3 Å². The molecule has 2 amide bonds. The van der Waals surface area contributed by atoms with Crippen LogP contribution in [0.3, 0.4) is 0 Å². The van der Waals surface area contributed by atoms with Crippen molar-refractivity contribution in [3.05, 3.63) is 35.6 Å². The Morgan fingerprint density at radius 2 is 1.96 bits per heavy atom. The number of fused-ring (bicyclic) bond motifs is 1. The number of hydrogen-bond donors (Lipinski definition) is 2. The van der Waals surface area contributed by atoms with E-state index in [9.17, 15) is 9.90 Å². The molecule has 0 spiro atoms. The third kappa shape index (κ3) is 4.09. The maximum atomic E-state index is 12.5. The molecule has 1 aromatic heterocycles. The lowest BCUT2D eigenvalue weighted by molar-refractivity contribution is 0.160. The molecule has 1 heterocycles. The smallest absolute Gasteiger partial charge is 0.317 e. The topological polar surface area (TPSA) is 65.7 Å². The SMILES string of the molecule is Cc1c(C(NC(=O)N(C)CCC(C)O)C(C)C)oc2ccccc12. The molecule has 24 heavy (non-hydrogen) atoms. The molecule has 2 aromatic rings. The van der Waals surface area contributed by atoms with E-state index in [2.05, 4.69) is 19.2 Å². The number of benzene rings is 1. The fourth-order valence-electron chi connectivity index (χ4n) is 2.75. The van der Waals surface area contributed by atoms with Crippen molar-refractivity contribution in [2.24, 2.45) is 5.92 Å². The highest BCUT2D eigenvalue weighted by Crippen LogP contribution is 2.32. The van der Waals surface area contributed by atoms with Crippen molar-refractivity contribution in [2.45, 2.75) is 46.3 Å². The van der Waals surface area contributed by atoms with Gasteiger partial charge in [0.15, 0.2) is 0 Å². The minimum Gasteiger partial charge on any atom is -0.459 e. The van der Waals surface area contributed by atoms with Gasteiger partial charge in [0, 0.05) is 24.5 Å². The van der Waals surface area contributed by atoms with Crippen LogP contribution in [0.5, 0.6) is 0 Å². The number of carbonyl (C=O) groups is 1. The van der Waals surface area contributed by atoms with Crippen LogP contribution < -0.4 is 5.32 Å². The Kier molecular flexibility index (Phi) is 5.89. The molecular weight excluding hydrogens is 304 g/mol. The van der Waals surface area contributed by atoms with Gasteiger partial charge < -0.3 is 19.7 Å². The van der Waals surface area contributed by atoms with Crippen LogP contribution in [0.15, 0.2) is 28.7 Å². The monoisotopic (exact) mass is 332 g/mol. The molecule has 0 bridgehead atoms. The van der Waals surface area contributed by atoms with Crippen LogP contribution in [-0.2, 0) is 0 Å². The summed E-state index contributed by atoms with van der Waals surface area (Å²) in [5.41, 5.74) is 1.91. The summed E-state index contributed by atoms with van der Waals surface area (Å²) in [6.07, 6.45) is 0.138. The Bertz CT molecular complexity index is 691. The van der Waals surface area contributed by atoms with Gasteiger partial charge in [-0.2, -0.15) is 0 Å². The fourth-order valence-corrected chi connectivity index (χ4v) is 2.75. The van der Waals surface area contributed by atoms with E-state index in [1.165, 1.54) is 0 Å². The van der Waals surface area contributed by atoms with E-state index < -0.39 is 6.10 Å². The Morgan fingerprint density at radius 1 is 1.29 bits per heavy atom. The quantitative estimate of drug-likeness (QED) is 0.844. The molecule has 2 atom stereocenters. The summed E-state index contributed by atoms with van der Waals surface area (Å²) >= 11 is 0. The normalized spacial score (nSPS) is 14.0. The van der Waals surface area contributed by atoms with Gasteiger partial charge in [0.1, 0.15) is 11.3 Å². The molecule has 2 N–H and O–H groups in total. The van der Waals surface area contributed by atoms with Crippen molar-refractivity contribution in [3.8, 4) is 0 Å². The molecule has 0 saturated heterocycles. The summed E-state index contributed by atoms with van der Waals surface area (Å²) in [6, 6.07) is 7.56. The molecule has 0 aliphatic rings. The van der Waals surface area contributed by atoms with Gasteiger partial charge in [-0.25, -0.2) is 4.79 Å². The maximum absolute atomic E-state index is 12.5. The molecule has 5 nitrogen and oxygen atoms in total. The van der Waals surface area contributed by atoms with E-state index in [0.29, 0.717) is 13.0 Å². The fraction of sp³-hybridized carbons (Fsp3) is 0.526. The van der Waals surface area contributed by atoms with Crippen LogP contribution in [0.1, 0.15) is 44.6 Å². The zero-order valence-corrected chi connectivity index (χ0v) is 15.2. The van der Waals surface area contributed by atoms with Crippen molar-refractivity contribution in [1.29, 1.82) is 0 Å². The average molecular weight is 332 g/mol. The summed E-state index contributed by atoms with van der Waals surface area (Å²) in [6.45, 7) is 8.38. The number of rotatable bonds is 6. The molecule has 132 valence electrons. The highest BCUT2D eigenvalue weighted by Gasteiger charge is 2.26. The van der Waals surface area contributed by atoms with Gasteiger partial charge >= 0.3 is 6.03 Å². The minimum absolute atomic E-state index is 0.158. The first-order valence-corrected chi connectivity index (χ1v) is 8.49. The molecule has 2 unspecified atom stereocenters. The highest BCUT2D eigenvalue weighted by molar-refractivity contribution is 5.82. The number of hydrogen-bond acceptors (Lipinski definition) is 3. The Balaban J connectivity index is 2.19. The number of aliphatic hydroxyl groups is 1. The standard InChI is InChI=1S/C19H28N2O3/c1-12(2)17(20-19(23)21(5)11-10-13(3)22)18-14(4)15-8-6-7-9-16(15)24-18/h6-9,12-13,17,22H,10-11H2,1-5H3,(H,20,23). The number of furan rings is 1. The van der Waals surface area contributed by atoms with Crippen LogP contribution in [0, 0.1) is 12.8 Å². The number of aliphatic hydroxyl groups excluding tert-OH is 1. The molecule has 0 saturated carbocycles. The van der Waals surface area contributed by atoms with E-state index in [1.54, 1.807) is 18.9 Å². The second-order valence-electron chi connectivity index (χ2n) is 6.82. The van der Waals surface area contributed by atoms with E-state index in [1.807, 2.05) is 31.2 Å². The summed E-state index contributed by atoms with van der Waals surface area (Å²) in [7, 11) is 1.74. The van der Waals surface area contributed by atoms with E-state index in [4.69, 9.17) is 4.42 Å². The number of aryl methyl sites for hydroxylation is 1. The molecule has 5 heteroatoms. The number of carbonyl (C=O) groups excluding carboxylic acids is 1. The summed E-state index contributed by atoms with van der Waals surface area (Å²) < 4.78 is 6.03. The summed E-state index contributed by atoms with van der Waals surface area (Å²) in [5.74, 6) is 1.00. The maximum Gasteiger partial charge on any atom is 0.317 e. The van der Waals surface area contributed by atoms with Gasteiger partial charge in [0.05, 0.1) is 12.1 Å². The van der Waals surface area contributed by atoms with Crippen LogP contribution in [0.25, 0.3) is 11.0 Å². The molecule has 0 aliphatic carbocycles. The van der Waals surface area contributed by atoms with Gasteiger partial charge in [0.25, 0.3) is 0 Å². The van der Waals surface area contributed by atoms with Gasteiger partial charge in [-0.3, -0.25) is 0 Å². The summed E-state index contributed by atoms with van der Waals surface area (Å²) in [4.78, 5) is 14.1. The first-order valence-electron chi connectivity index (χ1n) is 8.49. The Morgan fingerprint density at radius 3 is 2.54 bits per heavy atom.